The van der Waals surface area contributed by atoms with Gasteiger partial charge in [-0.05, 0) is 42.9 Å². The minimum Gasteiger partial charge on any atom is -0.492 e. The molecule has 1 saturated heterocycles. The SMILES string of the molecule is COC(=O)CC1COc2cc(O[C@@H]3CCc4c(C(=O)C5CCOCC5)cccc43)ccc21. The van der Waals surface area contributed by atoms with Gasteiger partial charge in [-0.25, -0.2) is 0 Å². The second kappa shape index (κ2) is 8.94. The first-order chi connectivity index (χ1) is 15.6. The lowest BCUT2D eigenvalue weighted by molar-refractivity contribution is -0.141. The fraction of sp³-hybridized carbons (Fsp3) is 0.462. The summed E-state index contributed by atoms with van der Waals surface area (Å²) in [6.45, 7) is 1.80. The molecule has 5 rings (SSSR count). The van der Waals surface area contributed by atoms with Crippen molar-refractivity contribution in [1.29, 1.82) is 0 Å². The van der Waals surface area contributed by atoms with Crippen molar-refractivity contribution in [3.05, 3.63) is 58.7 Å². The van der Waals surface area contributed by atoms with Crippen LogP contribution in [0.4, 0.5) is 0 Å². The molecule has 2 aliphatic heterocycles. The number of benzene rings is 2. The van der Waals surface area contributed by atoms with E-state index in [4.69, 9.17) is 18.9 Å². The lowest BCUT2D eigenvalue weighted by Crippen LogP contribution is -2.24. The number of carbonyl (C=O) groups excluding carboxylic acids is 2. The van der Waals surface area contributed by atoms with Crippen molar-refractivity contribution in [2.75, 3.05) is 26.9 Å². The van der Waals surface area contributed by atoms with Crippen LogP contribution >= 0.6 is 0 Å². The lowest BCUT2D eigenvalue weighted by atomic mass is 9.88. The molecule has 6 heteroatoms. The molecule has 1 fully saturated rings. The number of hydrogen-bond donors (Lipinski definition) is 0. The van der Waals surface area contributed by atoms with Crippen LogP contribution in [0.1, 0.15) is 64.8 Å². The summed E-state index contributed by atoms with van der Waals surface area (Å²) < 4.78 is 22.4. The molecule has 0 radical (unpaired) electrons. The number of ether oxygens (including phenoxy) is 4. The number of ketones is 1. The van der Waals surface area contributed by atoms with Crippen LogP contribution in [0.15, 0.2) is 36.4 Å². The second-order valence-corrected chi connectivity index (χ2v) is 8.76. The van der Waals surface area contributed by atoms with Gasteiger partial charge < -0.3 is 18.9 Å². The molecule has 0 bridgehead atoms. The predicted molar refractivity (Wildman–Crippen MR) is 117 cm³/mol. The third-order valence-corrected chi connectivity index (χ3v) is 6.86. The van der Waals surface area contributed by atoms with Gasteiger partial charge >= 0.3 is 5.97 Å². The monoisotopic (exact) mass is 436 g/mol. The first-order valence-electron chi connectivity index (χ1n) is 11.4. The van der Waals surface area contributed by atoms with Crippen molar-refractivity contribution in [2.45, 2.75) is 44.1 Å². The fourth-order valence-corrected chi connectivity index (χ4v) is 5.10. The zero-order chi connectivity index (χ0) is 22.1. The molecule has 2 aromatic carbocycles. The van der Waals surface area contributed by atoms with Crippen LogP contribution in [-0.4, -0.2) is 38.7 Å². The van der Waals surface area contributed by atoms with E-state index in [1.54, 1.807) is 0 Å². The summed E-state index contributed by atoms with van der Waals surface area (Å²) in [4.78, 5) is 24.8. The van der Waals surface area contributed by atoms with Crippen molar-refractivity contribution in [1.82, 2.24) is 0 Å². The number of esters is 1. The number of hydrogen-bond acceptors (Lipinski definition) is 6. The molecule has 32 heavy (non-hydrogen) atoms. The molecule has 2 heterocycles. The highest BCUT2D eigenvalue weighted by molar-refractivity contribution is 5.99. The van der Waals surface area contributed by atoms with Crippen molar-refractivity contribution < 1.29 is 28.5 Å². The van der Waals surface area contributed by atoms with Crippen molar-refractivity contribution in [3.8, 4) is 11.5 Å². The Balaban J connectivity index is 1.32. The van der Waals surface area contributed by atoms with E-state index < -0.39 is 0 Å². The van der Waals surface area contributed by atoms with Crippen LogP contribution in [-0.2, 0) is 20.7 Å². The summed E-state index contributed by atoms with van der Waals surface area (Å²) in [6, 6.07) is 11.8. The highest BCUT2D eigenvalue weighted by atomic mass is 16.5. The molecule has 3 aliphatic rings. The Hall–Kier alpha value is -2.86. The molecule has 0 spiro atoms. The van der Waals surface area contributed by atoms with Crippen LogP contribution in [0.3, 0.4) is 0 Å². The molecule has 1 unspecified atom stereocenters. The Morgan fingerprint density at radius 2 is 1.91 bits per heavy atom. The maximum absolute atomic E-state index is 13.1. The first kappa shape index (κ1) is 21.0. The van der Waals surface area contributed by atoms with E-state index in [1.165, 1.54) is 7.11 Å². The van der Waals surface area contributed by atoms with Gasteiger partial charge in [0.2, 0.25) is 0 Å². The third-order valence-electron chi connectivity index (χ3n) is 6.86. The molecule has 0 N–H and O–H groups in total. The van der Waals surface area contributed by atoms with Crippen LogP contribution in [0.25, 0.3) is 0 Å². The number of carbonyl (C=O) groups is 2. The number of fused-ring (bicyclic) bond motifs is 2. The molecule has 168 valence electrons. The van der Waals surface area contributed by atoms with E-state index in [0.717, 1.165) is 59.4 Å². The maximum Gasteiger partial charge on any atom is 0.306 e. The van der Waals surface area contributed by atoms with Gasteiger partial charge in [-0.1, -0.05) is 24.3 Å². The summed E-state index contributed by atoms with van der Waals surface area (Å²) >= 11 is 0. The molecular weight excluding hydrogens is 408 g/mol. The molecule has 0 aromatic heterocycles. The van der Waals surface area contributed by atoms with E-state index in [2.05, 4.69) is 6.07 Å². The van der Waals surface area contributed by atoms with Crippen molar-refractivity contribution in [3.63, 3.8) is 0 Å². The second-order valence-electron chi connectivity index (χ2n) is 8.76. The van der Waals surface area contributed by atoms with Crippen molar-refractivity contribution in [2.24, 2.45) is 5.92 Å². The number of rotatable bonds is 6. The topological polar surface area (TPSA) is 71.1 Å². The summed E-state index contributed by atoms with van der Waals surface area (Å²) in [6.07, 6.45) is 3.51. The average molecular weight is 437 g/mol. The Morgan fingerprint density at radius 3 is 2.72 bits per heavy atom. The Labute approximate surface area is 187 Å². The van der Waals surface area contributed by atoms with Gasteiger partial charge in [0.05, 0.1) is 20.1 Å². The van der Waals surface area contributed by atoms with Crippen LogP contribution in [0.5, 0.6) is 11.5 Å². The predicted octanol–water partition coefficient (Wildman–Crippen LogP) is 4.40. The highest BCUT2D eigenvalue weighted by Crippen LogP contribution is 2.42. The largest absolute Gasteiger partial charge is 0.492 e. The average Bonchev–Trinajstić information content (AvgIpc) is 3.43. The smallest absolute Gasteiger partial charge is 0.306 e. The molecular formula is C26H28O6. The number of methoxy groups -OCH3 is 1. The minimum absolute atomic E-state index is 0.0115. The summed E-state index contributed by atoms with van der Waals surface area (Å²) in [5.41, 5.74) is 4.10. The molecule has 1 aliphatic carbocycles. The fourth-order valence-electron chi connectivity index (χ4n) is 5.10. The number of Topliss-reactive ketones (excluding diaryl/α,β-unsaturated/α-hetero) is 1. The Kier molecular flexibility index (Phi) is 5.87. The van der Waals surface area contributed by atoms with Gasteiger partial charge in [0.25, 0.3) is 0 Å². The molecule has 0 amide bonds. The van der Waals surface area contributed by atoms with Gasteiger partial charge in [-0.3, -0.25) is 9.59 Å². The Morgan fingerprint density at radius 1 is 1.06 bits per heavy atom. The maximum atomic E-state index is 13.1. The van der Waals surface area contributed by atoms with Gasteiger partial charge in [-0.15, -0.1) is 0 Å². The molecule has 2 aromatic rings. The first-order valence-corrected chi connectivity index (χ1v) is 11.4. The van der Waals surface area contributed by atoms with Crippen LogP contribution < -0.4 is 9.47 Å². The van der Waals surface area contributed by atoms with Gasteiger partial charge in [-0.2, -0.15) is 0 Å². The molecule has 2 atom stereocenters. The molecule has 0 saturated carbocycles. The van der Waals surface area contributed by atoms with Gasteiger partial charge in [0, 0.05) is 42.2 Å². The Bertz CT molecular complexity index is 1020. The zero-order valence-corrected chi connectivity index (χ0v) is 18.3. The minimum atomic E-state index is -0.236. The van der Waals surface area contributed by atoms with Gasteiger partial charge in [0.15, 0.2) is 5.78 Å². The summed E-state index contributed by atoms with van der Waals surface area (Å²) in [5, 5.41) is 0. The normalized spacial score (nSPS) is 22.0. The van der Waals surface area contributed by atoms with Gasteiger partial charge in [0.1, 0.15) is 17.6 Å². The van der Waals surface area contributed by atoms with E-state index in [1.807, 2.05) is 30.3 Å². The lowest BCUT2D eigenvalue weighted by Gasteiger charge is -2.22. The van der Waals surface area contributed by atoms with Crippen LogP contribution in [0, 0.1) is 5.92 Å². The molecule has 6 nitrogen and oxygen atoms in total. The van der Waals surface area contributed by atoms with Crippen molar-refractivity contribution >= 4 is 11.8 Å². The highest BCUT2D eigenvalue weighted by Gasteiger charge is 2.32. The quantitative estimate of drug-likeness (QED) is 0.494. The van der Waals surface area contributed by atoms with E-state index in [9.17, 15) is 9.59 Å². The zero-order valence-electron chi connectivity index (χ0n) is 18.3. The summed E-state index contributed by atoms with van der Waals surface area (Å²) in [5.74, 6) is 1.58. The van der Waals surface area contributed by atoms with E-state index >= 15 is 0 Å². The van der Waals surface area contributed by atoms with E-state index in [0.29, 0.717) is 26.2 Å². The summed E-state index contributed by atoms with van der Waals surface area (Å²) in [7, 11) is 1.40. The van der Waals surface area contributed by atoms with E-state index in [-0.39, 0.29) is 29.7 Å². The van der Waals surface area contributed by atoms with Crippen LogP contribution in [0.2, 0.25) is 0 Å². The standard InChI is InChI=1S/C26H28O6/c1-29-25(27)13-17-15-31-24-14-18(5-6-19(17)24)32-23-8-7-20-21(23)3-2-4-22(20)26(28)16-9-11-30-12-10-16/h2-6,14,16-17,23H,7-13,15H2,1H3/t17?,23-/m1/s1. The third kappa shape index (κ3) is 3.99.